The Morgan fingerprint density at radius 2 is 1.95 bits per heavy atom. The molecule has 0 saturated carbocycles. The lowest BCUT2D eigenvalue weighted by Crippen LogP contribution is -2.26. The third-order valence-electron chi connectivity index (χ3n) is 3.59. The van der Waals surface area contributed by atoms with Crippen molar-refractivity contribution in [1.29, 1.82) is 0 Å². The summed E-state index contributed by atoms with van der Waals surface area (Å²) in [5.74, 6) is -0.368. The first kappa shape index (κ1) is 16.0. The Bertz CT molecular complexity index is 598. The summed E-state index contributed by atoms with van der Waals surface area (Å²) in [6, 6.07) is 13.9. The highest BCUT2D eigenvalue weighted by molar-refractivity contribution is 6.30. The van der Waals surface area contributed by atoms with E-state index in [1.807, 2.05) is 0 Å². The van der Waals surface area contributed by atoms with Crippen LogP contribution in [-0.2, 0) is 13.0 Å². The molecule has 21 heavy (non-hydrogen) atoms. The first-order valence-electron chi connectivity index (χ1n) is 7.27. The molecule has 3 heteroatoms. The molecule has 1 nitrogen and oxygen atoms in total. The van der Waals surface area contributed by atoms with Gasteiger partial charge in [-0.2, -0.15) is 0 Å². The zero-order valence-electron chi connectivity index (χ0n) is 12.5. The van der Waals surface area contributed by atoms with E-state index in [2.05, 4.69) is 43.4 Å². The number of rotatable bonds is 6. The van der Waals surface area contributed by atoms with Crippen LogP contribution >= 0.6 is 11.6 Å². The van der Waals surface area contributed by atoms with Gasteiger partial charge in [0.05, 0.1) is 5.02 Å². The summed E-state index contributed by atoms with van der Waals surface area (Å²) in [7, 11) is 0. The average Bonchev–Trinajstić information content (AvgIpc) is 2.46. The van der Waals surface area contributed by atoms with Crippen molar-refractivity contribution in [2.24, 2.45) is 0 Å². The predicted octanol–water partition coefficient (Wildman–Crippen LogP) is 4.90. The zero-order valence-corrected chi connectivity index (χ0v) is 13.3. The first-order valence-corrected chi connectivity index (χ1v) is 7.65. The van der Waals surface area contributed by atoms with Gasteiger partial charge in [-0.15, -0.1) is 0 Å². The van der Waals surface area contributed by atoms with E-state index in [-0.39, 0.29) is 10.8 Å². The predicted molar refractivity (Wildman–Crippen MR) is 87.2 cm³/mol. The Morgan fingerprint density at radius 1 is 1.14 bits per heavy atom. The van der Waals surface area contributed by atoms with Crippen molar-refractivity contribution in [3.05, 3.63) is 70.0 Å². The molecule has 0 aromatic heterocycles. The second-order valence-corrected chi connectivity index (χ2v) is 5.97. The second-order valence-electron chi connectivity index (χ2n) is 5.56. The highest BCUT2D eigenvalue weighted by atomic mass is 35.5. The third kappa shape index (κ3) is 5.14. The van der Waals surface area contributed by atoms with Gasteiger partial charge in [0.2, 0.25) is 0 Å². The quantitative estimate of drug-likeness (QED) is 0.800. The molecule has 112 valence electrons. The maximum absolute atomic E-state index is 13.1. The highest BCUT2D eigenvalue weighted by Gasteiger charge is 2.05. The molecule has 2 rings (SSSR count). The standard InChI is InChI=1S/C18H21ClFN/c1-13-4-3-5-15(10-13)7-6-14(2)21-12-16-8-9-18(20)17(19)11-16/h3-5,8-11,14,21H,6-7,12H2,1-2H3. The van der Waals surface area contributed by atoms with E-state index in [0.29, 0.717) is 12.6 Å². The number of hydrogen-bond acceptors (Lipinski definition) is 1. The summed E-state index contributed by atoms with van der Waals surface area (Å²) >= 11 is 5.78. The number of benzene rings is 2. The minimum absolute atomic E-state index is 0.182. The van der Waals surface area contributed by atoms with E-state index in [9.17, 15) is 4.39 Å². The van der Waals surface area contributed by atoms with Crippen molar-refractivity contribution in [2.75, 3.05) is 0 Å². The number of nitrogens with one attached hydrogen (secondary N) is 1. The Kier molecular flexibility index (Phi) is 5.77. The normalized spacial score (nSPS) is 12.4. The smallest absolute Gasteiger partial charge is 0.141 e. The minimum atomic E-state index is -0.368. The van der Waals surface area contributed by atoms with E-state index in [1.54, 1.807) is 12.1 Å². The molecule has 0 fully saturated rings. The third-order valence-corrected chi connectivity index (χ3v) is 3.88. The molecule has 0 spiro atoms. The van der Waals surface area contributed by atoms with Crippen molar-refractivity contribution in [3.63, 3.8) is 0 Å². The SMILES string of the molecule is Cc1cccc(CCC(C)NCc2ccc(F)c(Cl)c2)c1. The van der Waals surface area contributed by atoms with Crippen LogP contribution in [0.5, 0.6) is 0 Å². The average molecular weight is 306 g/mol. The van der Waals surface area contributed by atoms with Crippen LogP contribution in [0.1, 0.15) is 30.0 Å². The summed E-state index contributed by atoms with van der Waals surface area (Å²) in [5, 5.41) is 3.63. The molecule has 0 aliphatic carbocycles. The van der Waals surface area contributed by atoms with Crippen molar-refractivity contribution in [1.82, 2.24) is 5.32 Å². The Morgan fingerprint density at radius 3 is 2.67 bits per heavy atom. The minimum Gasteiger partial charge on any atom is -0.310 e. The molecule has 0 saturated heterocycles. The van der Waals surface area contributed by atoms with Crippen LogP contribution in [-0.4, -0.2) is 6.04 Å². The highest BCUT2D eigenvalue weighted by Crippen LogP contribution is 2.16. The maximum Gasteiger partial charge on any atom is 0.141 e. The Balaban J connectivity index is 1.79. The van der Waals surface area contributed by atoms with E-state index in [1.165, 1.54) is 17.2 Å². The largest absolute Gasteiger partial charge is 0.310 e. The van der Waals surface area contributed by atoms with Gasteiger partial charge in [0.25, 0.3) is 0 Å². The van der Waals surface area contributed by atoms with Crippen molar-refractivity contribution < 1.29 is 4.39 Å². The fourth-order valence-corrected chi connectivity index (χ4v) is 2.50. The van der Waals surface area contributed by atoms with E-state index in [4.69, 9.17) is 11.6 Å². The van der Waals surface area contributed by atoms with Gasteiger partial charge in [0.15, 0.2) is 0 Å². The summed E-state index contributed by atoms with van der Waals surface area (Å²) < 4.78 is 13.1. The molecule has 0 bridgehead atoms. The van der Waals surface area contributed by atoms with Gasteiger partial charge in [-0.05, 0) is 49.9 Å². The fraction of sp³-hybridized carbons (Fsp3) is 0.333. The van der Waals surface area contributed by atoms with Crippen LogP contribution < -0.4 is 5.32 Å². The molecule has 1 N–H and O–H groups in total. The molecule has 1 atom stereocenters. The van der Waals surface area contributed by atoms with Crippen molar-refractivity contribution in [3.8, 4) is 0 Å². The van der Waals surface area contributed by atoms with E-state index in [0.717, 1.165) is 18.4 Å². The van der Waals surface area contributed by atoms with Crippen LogP contribution in [0.25, 0.3) is 0 Å². The van der Waals surface area contributed by atoms with Gasteiger partial charge in [-0.25, -0.2) is 4.39 Å². The lowest BCUT2D eigenvalue weighted by molar-refractivity contribution is 0.513. The van der Waals surface area contributed by atoms with E-state index >= 15 is 0 Å². The van der Waals surface area contributed by atoms with Gasteiger partial charge in [0, 0.05) is 12.6 Å². The van der Waals surface area contributed by atoms with Crippen LogP contribution in [0.3, 0.4) is 0 Å². The molecule has 0 heterocycles. The monoisotopic (exact) mass is 305 g/mol. The summed E-state index contributed by atoms with van der Waals surface area (Å²) in [5.41, 5.74) is 3.67. The van der Waals surface area contributed by atoms with Crippen LogP contribution in [0.2, 0.25) is 5.02 Å². The van der Waals surface area contributed by atoms with Crippen LogP contribution in [0.4, 0.5) is 4.39 Å². The Labute approximate surface area is 131 Å². The molecule has 2 aromatic carbocycles. The maximum atomic E-state index is 13.1. The topological polar surface area (TPSA) is 12.0 Å². The van der Waals surface area contributed by atoms with Crippen LogP contribution in [0.15, 0.2) is 42.5 Å². The molecule has 1 unspecified atom stereocenters. The lowest BCUT2D eigenvalue weighted by Gasteiger charge is -2.14. The second kappa shape index (κ2) is 7.58. The number of aryl methyl sites for hydroxylation is 2. The lowest BCUT2D eigenvalue weighted by atomic mass is 10.0. The fourth-order valence-electron chi connectivity index (χ4n) is 2.29. The summed E-state index contributed by atoms with van der Waals surface area (Å²) in [4.78, 5) is 0. The molecular weight excluding hydrogens is 285 g/mol. The molecular formula is C18H21ClFN. The number of hydrogen-bond donors (Lipinski definition) is 1. The summed E-state index contributed by atoms with van der Waals surface area (Å²) in [6.07, 6.45) is 2.12. The van der Waals surface area contributed by atoms with Gasteiger partial charge < -0.3 is 5.32 Å². The molecule has 0 aliphatic rings. The van der Waals surface area contributed by atoms with E-state index < -0.39 is 0 Å². The molecule has 0 aliphatic heterocycles. The van der Waals surface area contributed by atoms with Crippen molar-refractivity contribution >= 4 is 11.6 Å². The molecule has 0 radical (unpaired) electrons. The van der Waals surface area contributed by atoms with Gasteiger partial charge >= 0.3 is 0 Å². The zero-order chi connectivity index (χ0) is 15.2. The molecule has 2 aromatic rings. The number of halogens is 2. The molecule has 0 amide bonds. The first-order chi connectivity index (χ1) is 10.0. The van der Waals surface area contributed by atoms with Gasteiger partial charge in [-0.3, -0.25) is 0 Å². The van der Waals surface area contributed by atoms with Crippen LogP contribution in [0, 0.1) is 12.7 Å². The van der Waals surface area contributed by atoms with Gasteiger partial charge in [0.1, 0.15) is 5.82 Å². The van der Waals surface area contributed by atoms with Gasteiger partial charge in [-0.1, -0.05) is 47.5 Å². The Hall–Kier alpha value is -1.38. The van der Waals surface area contributed by atoms with Crippen molar-refractivity contribution in [2.45, 2.75) is 39.3 Å². The summed E-state index contributed by atoms with van der Waals surface area (Å²) in [6.45, 7) is 4.99.